The third-order valence-electron chi connectivity index (χ3n) is 2.22. The van der Waals surface area contributed by atoms with E-state index in [1.165, 1.54) is 26.0 Å². The Bertz CT molecular complexity index is 475. The topological polar surface area (TPSA) is 72.2 Å². The minimum atomic E-state index is -1.23. The number of carbonyl (C=O) groups is 2. The van der Waals surface area contributed by atoms with Crippen molar-refractivity contribution in [1.29, 1.82) is 0 Å². The van der Waals surface area contributed by atoms with Gasteiger partial charge in [-0.2, -0.15) is 0 Å². The minimum Gasteiger partial charge on any atom is -0.368 e. The normalized spacial score (nSPS) is 11.1. The first-order valence-corrected chi connectivity index (χ1v) is 5.61. The third kappa shape index (κ3) is 3.26. The maximum absolute atomic E-state index is 13.4. The first-order chi connectivity index (χ1) is 7.74. The summed E-state index contributed by atoms with van der Waals surface area (Å²) < 4.78 is 14.0. The van der Waals surface area contributed by atoms with Gasteiger partial charge in [-0.1, -0.05) is 15.9 Å². The van der Waals surface area contributed by atoms with Crippen LogP contribution >= 0.6 is 15.9 Å². The van der Waals surface area contributed by atoms with E-state index in [4.69, 9.17) is 5.73 Å². The van der Waals surface area contributed by atoms with Crippen LogP contribution in [-0.2, 0) is 4.79 Å². The van der Waals surface area contributed by atoms with E-state index < -0.39 is 23.2 Å². The van der Waals surface area contributed by atoms with Gasteiger partial charge in [-0.15, -0.1) is 0 Å². The molecule has 0 saturated heterocycles. The van der Waals surface area contributed by atoms with Crippen molar-refractivity contribution in [3.63, 3.8) is 0 Å². The second-order valence-corrected chi connectivity index (χ2v) is 4.98. The number of benzene rings is 1. The predicted molar refractivity (Wildman–Crippen MR) is 64.8 cm³/mol. The van der Waals surface area contributed by atoms with Gasteiger partial charge in [0, 0.05) is 4.47 Å². The molecule has 0 spiro atoms. The number of primary amides is 1. The highest BCUT2D eigenvalue weighted by Gasteiger charge is 2.28. The first-order valence-electron chi connectivity index (χ1n) is 4.81. The van der Waals surface area contributed by atoms with Crippen LogP contribution in [0.25, 0.3) is 0 Å². The van der Waals surface area contributed by atoms with E-state index in [1.807, 2.05) is 0 Å². The van der Waals surface area contributed by atoms with Crippen molar-refractivity contribution in [2.75, 3.05) is 0 Å². The van der Waals surface area contributed by atoms with Crippen LogP contribution in [0.2, 0.25) is 0 Å². The third-order valence-corrected chi connectivity index (χ3v) is 2.71. The van der Waals surface area contributed by atoms with E-state index in [9.17, 15) is 14.0 Å². The number of amides is 2. The molecule has 17 heavy (non-hydrogen) atoms. The molecule has 92 valence electrons. The van der Waals surface area contributed by atoms with E-state index >= 15 is 0 Å². The van der Waals surface area contributed by atoms with Crippen LogP contribution in [0, 0.1) is 5.82 Å². The molecule has 1 aromatic rings. The van der Waals surface area contributed by atoms with Gasteiger partial charge in [-0.05, 0) is 32.0 Å². The van der Waals surface area contributed by atoms with Gasteiger partial charge < -0.3 is 11.1 Å². The standard InChI is InChI=1S/C11H12BrFN2O2/c1-11(2,10(14)17)15-9(16)7-5-6(12)3-4-8(7)13/h3-5H,1-2H3,(H2,14,17)(H,15,16). The molecule has 0 aliphatic rings. The van der Waals surface area contributed by atoms with Gasteiger partial charge in [-0.25, -0.2) is 4.39 Å². The second-order valence-electron chi connectivity index (χ2n) is 4.07. The van der Waals surface area contributed by atoms with Crippen molar-refractivity contribution in [3.8, 4) is 0 Å². The van der Waals surface area contributed by atoms with E-state index in [0.29, 0.717) is 4.47 Å². The minimum absolute atomic E-state index is 0.145. The number of carbonyl (C=O) groups excluding carboxylic acids is 2. The fourth-order valence-electron chi connectivity index (χ4n) is 1.08. The van der Waals surface area contributed by atoms with Gasteiger partial charge >= 0.3 is 0 Å². The largest absolute Gasteiger partial charge is 0.368 e. The molecule has 0 heterocycles. The fourth-order valence-corrected chi connectivity index (χ4v) is 1.45. The molecular formula is C11H12BrFN2O2. The zero-order valence-corrected chi connectivity index (χ0v) is 11.0. The van der Waals surface area contributed by atoms with Crippen LogP contribution in [0.1, 0.15) is 24.2 Å². The molecule has 0 aliphatic carbocycles. The molecule has 1 aromatic carbocycles. The van der Waals surface area contributed by atoms with Crippen LogP contribution in [0.5, 0.6) is 0 Å². The number of nitrogens with two attached hydrogens (primary N) is 1. The number of nitrogens with one attached hydrogen (secondary N) is 1. The Hall–Kier alpha value is -1.43. The SMILES string of the molecule is CC(C)(NC(=O)c1cc(Br)ccc1F)C(N)=O. The zero-order valence-electron chi connectivity index (χ0n) is 9.38. The molecule has 0 aromatic heterocycles. The maximum Gasteiger partial charge on any atom is 0.255 e. The molecule has 0 unspecified atom stereocenters. The summed E-state index contributed by atoms with van der Waals surface area (Å²) in [6, 6.07) is 3.98. The lowest BCUT2D eigenvalue weighted by atomic mass is 10.0. The van der Waals surface area contributed by atoms with Gasteiger partial charge in [0.05, 0.1) is 5.56 Å². The van der Waals surface area contributed by atoms with Gasteiger partial charge in [0.15, 0.2) is 0 Å². The lowest BCUT2D eigenvalue weighted by Gasteiger charge is -2.22. The van der Waals surface area contributed by atoms with Crippen LogP contribution in [0.3, 0.4) is 0 Å². The molecule has 0 atom stereocenters. The highest BCUT2D eigenvalue weighted by Crippen LogP contribution is 2.16. The highest BCUT2D eigenvalue weighted by molar-refractivity contribution is 9.10. The summed E-state index contributed by atoms with van der Waals surface area (Å²) in [4.78, 5) is 22.8. The summed E-state index contributed by atoms with van der Waals surface area (Å²) in [6.45, 7) is 2.90. The molecular weight excluding hydrogens is 291 g/mol. The Morgan fingerprint density at radius 3 is 2.53 bits per heavy atom. The summed E-state index contributed by atoms with van der Waals surface area (Å²) >= 11 is 3.13. The Kier molecular flexibility index (Phi) is 3.87. The Labute approximate surface area is 107 Å². The molecule has 3 N–H and O–H groups in total. The Balaban J connectivity index is 2.98. The van der Waals surface area contributed by atoms with Gasteiger partial charge in [-0.3, -0.25) is 9.59 Å². The van der Waals surface area contributed by atoms with Crippen molar-refractivity contribution in [3.05, 3.63) is 34.1 Å². The molecule has 0 radical (unpaired) electrons. The lowest BCUT2D eigenvalue weighted by molar-refractivity contribution is -0.122. The maximum atomic E-state index is 13.4. The molecule has 2 amide bonds. The summed E-state index contributed by atoms with van der Waals surface area (Å²) in [5.41, 5.74) is 3.73. The lowest BCUT2D eigenvalue weighted by Crippen LogP contribution is -2.53. The van der Waals surface area contributed by atoms with Crippen LogP contribution in [-0.4, -0.2) is 17.4 Å². The van der Waals surface area contributed by atoms with E-state index in [2.05, 4.69) is 21.2 Å². The molecule has 0 fully saturated rings. The molecule has 0 bridgehead atoms. The summed E-state index contributed by atoms with van der Waals surface area (Å²) in [5, 5.41) is 2.37. The van der Waals surface area contributed by atoms with Gasteiger partial charge in [0.2, 0.25) is 5.91 Å². The van der Waals surface area contributed by atoms with Gasteiger partial charge in [0.1, 0.15) is 11.4 Å². The zero-order chi connectivity index (χ0) is 13.2. The highest BCUT2D eigenvalue weighted by atomic mass is 79.9. The van der Waals surface area contributed by atoms with Crippen molar-refractivity contribution in [2.24, 2.45) is 5.73 Å². The van der Waals surface area contributed by atoms with Crippen LogP contribution < -0.4 is 11.1 Å². The predicted octanol–water partition coefficient (Wildman–Crippen LogP) is 1.58. The summed E-state index contributed by atoms with van der Waals surface area (Å²) in [6.07, 6.45) is 0. The second kappa shape index (κ2) is 4.83. The van der Waals surface area contributed by atoms with Crippen molar-refractivity contribution >= 4 is 27.7 Å². The average molecular weight is 303 g/mol. The number of rotatable bonds is 3. The number of hydrogen-bond donors (Lipinski definition) is 2. The number of hydrogen-bond acceptors (Lipinski definition) is 2. The summed E-state index contributed by atoms with van der Waals surface area (Å²) in [5.74, 6) is -2.04. The van der Waals surface area contributed by atoms with Crippen LogP contribution in [0.4, 0.5) is 4.39 Å². The molecule has 6 heteroatoms. The molecule has 0 saturated carbocycles. The molecule has 1 rings (SSSR count). The molecule has 0 aliphatic heterocycles. The van der Waals surface area contributed by atoms with E-state index in [1.54, 1.807) is 0 Å². The smallest absolute Gasteiger partial charge is 0.255 e. The van der Waals surface area contributed by atoms with Crippen LogP contribution in [0.15, 0.2) is 22.7 Å². The average Bonchev–Trinajstić information content (AvgIpc) is 2.20. The number of halogens is 2. The quantitative estimate of drug-likeness (QED) is 0.890. The van der Waals surface area contributed by atoms with E-state index in [0.717, 1.165) is 6.07 Å². The van der Waals surface area contributed by atoms with Crippen molar-refractivity contribution in [1.82, 2.24) is 5.32 Å². The monoisotopic (exact) mass is 302 g/mol. The Morgan fingerprint density at radius 1 is 1.41 bits per heavy atom. The van der Waals surface area contributed by atoms with Crippen molar-refractivity contribution in [2.45, 2.75) is 19.4 Å². The van der Waals surface area contributed by atoms with Gasteiger partial charge in [0.25, 0.3) is 5.91 Å². The Morgan fingerprint density at radius 2 is 2.00 bits per heavy atom. The van der Waals surface area contributed by atoms with Crippen molar-refractivity contribution < 1.29 is 14.0 Å². The first kappa shape index (κ1) is 13.6. The fraction of sp³-hybridized carbons (Fsp3) is 0.273. The molecule has 4 nitrogen and oxygen atoms in total. The summed E-state index contributed by atoms with van der Waals surface area (Å²) in [7, 11) is 0. The van der Waals surface area contributed by atoms with E-state index in [-0.39, 0.29) is 5.56 Å².